The average Bonchev–Trinajstić information content (AvgIpc) is 2.51. The molecule has 1 atom stereocenters. The number of hydrogen-bond acceptors (Lipinski definition) is 7. The van der Waals surface area contributed by atoms with Crippen LogP contribution in [0.3, 0.4) is 0 Å². The van der Waals surface area contributed by atoms with Crippen LogP contribution in [-0.4, -0.2) is 42.4 Å². The predicted octanol–water partition coefficient (Wildman–Crippen LogP) is 0.271. The number of carbonyl (C=O) groups is 1. The second kappa shape index (κ2) is 4.96. The first-order valence-corrected chi connectivity index (χ1v) is 6.90. The van der Waals surface area contributed by atoms with Crippen LogP contribution >= 0.6 is 11.0 Å². The maximum atomic E-state index is 10.8. The highest BCUT2D eigenvalue weighted by molar-refractivity contribution is 8.20. The van der Waals surface area contributed by atoms with E-state index in [9.17, 15) is 19.0 Å². The number of rotatable bonds is 3. The summed E-state index contributed by atoms with van der Waals surface area (Å²) >= 11 is 0. The highest BCUT2D eigenvalue weighted by atomic mass is 32.3. The van der Waals surface area contributed by atoms with E-state index in [4.69, 9.17) is 10.8 Å². The first kappa shape index (κ1) is 14.1. The molecule has 0 aromatic heterocycles. The number of carboxylic acid groups (broad SMARTS) is 1. The molecule has 1 aliphatic heterocycles. The van der Waals surface area contributed by atoms with Crippen LogP contribution in [0.1, 0.15) is 15.9 Å². The van der Waals surface area contributed by atoms with E-state index in [0.717, 1.165) is 0 Å². The zero-order valence-electron chi connectivity index (χ0n) is 9.85. The summed E-state index contributed by atoms with van der Waals surface area (Å²) in [7, 11) is -3.20. The van der Waals surface area contributed by atoms with Gasteiger partial charge in [-0.2, -0.15) is 9.03 Å². The van der Waals surface area contributed by atoms with Gasteiger partial charge in [0.1, 0.15) is 6.23 Å². The number of hydrogen-bond donors (Lipinski definition) is 6. The van der Waals surface area contributed by atoms with Crippen molar-refractivity contribution in [3.8, 4) is 0 Å². The Morgan fingerprint density at radius 3 is 2.68 bits per heavy atom. The van der Waals surface area contributed by atoms with Gasteiger partial charge in [-0.05, 0) is 17.7 Å². The third-order valence-corrected chi connectivity index (χ3v) is 4.32. The van der Waals surface area contributed by atoms with Crippen LogP contribution in [0.4, 0.5) is 5.69 Å². The van der Waals surface area contributed by atoms with Gasteiger partial charge < -0.3 is 15.9 Å². The molecule has 1 fully saturated rings. The molecule has 19 heavy (non-hydrogen) atoms. The first-order chi connectivity index (χ1) is 8.79. The number of benzene rings is 1. The Balaban J connectivity index is 2.16. The van der Waals surface area contributed by atoms with Crippen molar-refractivity contribution >= 4 is 22.6 Å². The quantitative estimate of drug-likeness (QED) is 0.436. The molecule has 1 aromatic rings. The molecule has 1 saturated heterocycles. The molecule has 0 bridgehead atoms. The van der Waals surface area contributed by atoms with Gasteiger partial charge in [-0.1, -0.05) is 17.0 Å². The Kier molecular flexibility index (Phi) is 3.67. The zero-order chi connectivity index (χ0) is 14.2. The van der Waals surface area contributed by atoms with Crippen LogP contribution in [0.15, 0.2) is 18.2 Å². The second-order valence-electron chi connectivity index (χ2n) is 4.20. The van der Waals surface area contributed by atoms with Crippen molar-refractivity contribution in [2.24, 2.45) is 0 Å². The summed E-state index contributed by atoms with van der Waals surface area (Å²) in [5.74, 6) is -1.12. The van der Waals surface area contributed by atoms with Crippen molar-refractivity contribution < 1.29 is 24.1 Å². The van der Waals surface area contributed by atoms with Crippen molar-refractivity contribution in [1.29, 1.82) is 0 Å². The van der Waals surface area contributed by atoms with Crippen LogP contribution in [0.5, 0.6) is 0 Å². The van der Waals surface area contributed by atoms with Crippen molar-refractivity contribution in [3.05, 3.63) is 29.3 Å². The lowest BCUT2D eigenvalue weighted by atomic mass is 10.1. The van der Waals surface area contributed by atoms with E-state index in [-0.39, 0.29) is 24.3 Å². The third kappa shape index (κ3) is 2.97. The SMILES string of the molecule is Nc1cc(CN2CC(O)NS2(O)O)ccc1C(=O)O. The largest absolute Gasteiger partial charge is 0.478 e. The Labute approximate surface area is 111 Å². The second-order valence-corrected chi connectivity index (χ2v) is 5.99. The number of nitrogens with one attached hydrogen (secondary N) is 1. The van der Waals surface area contributed by atoms with E-state index in [1.165, 1.54) is 16.4 Å². The molecule has 2 rings (SSSR count). The number of aromatic carboxylic acids is 1. The number of anilines is 1. The fraction of sp³-hybridized carbons (Fsp3) is 0.300. The number of carboxylic acids is 1. The summed E-state index contributed by atoms with van der Waals surface area (Å²) in [6.07, 6.45) is -1.01. The van der Waals surface area contributed by atoms with Gasteiger partial charge in [-0.3, -0.25) is 9.11 Å². The minimum Gasteiger partial charge on any atom is -0.478 e. The molecule has 1 unspecified atom stereocenters. The lowest BCUT2D eigenvalue weighted by molar-refractivity contribution is 0.0698. The van der Waals surface area contributed by atoms with Crippen LogP contribution in [-0.2, 0) is 6.54 Å². The molecule has 9 heteroatoms. The first-order valence-electron chi connectivity index (χ1n) is 5.40. The van der Waals surface area contributed by atoms with Crippen LogP contribution in [0.2, 0.25) is 0 Å². The van der Waals surface area contributed by atoms with Gasteiger partial charge in [0.05, 0.1) is 12.1 Å². The fourth-order valence-corrected chi connectivity index (χ4v) is 3.12. The summed E-state index contributed by atoms with van der Waals surface area (Å²) in [4.78, 5) is 10.8. The molecule has 106 valence electrons. The number of nitrogens with two attached hydrogens (primary N) is 1. The van der Waals surface area contributed by atoms with Gasteiger partial charge in [0.2, 0.25) is 0 Å². The minimum absolute atomic E-state index is 0.00469. The molecule has 0 saturated carbocycles. The molecule has 1 aromatic carbocycles. The van der Waals surface area contributed by atoms with Crippen molar-refractivity contribution in [2.45, 2.75) is 12.8 Å². The summed E-state index contributed by atoms with van der Waals surface area (Å²) < 4.78 is 22.9. The Bertz CT molecular complexity index is 510. The van der Waals surface area contributed by atoms with Gasteiger partial charge in [-0.25, -0.2) is 4.79 Å². The van der Waals surface area contributed by atoms with Gasteiger partial charge in [-0.15, -0.1) is 0 Å². The van der Waals surface area contributed by atoms with Crippen molar-refractivity contribution in [2.75, 3.05) is 12.3 Å². The summed E-state index contributed by atoms with van der Waals surface area (Å²) in [6.45, 7) is 0.194. The van der Waals surface area contributed by atoms with Gasteiger partial charge in [0.25, 0.3) is 0 Å². The molecular weight excluding hydrogens is 274 g/mol. The van der Waals surface area contributed by atoms with Crippen LogP contribution in [0.25, 0.3) is 0 Å². The normalized spacial score (nSPS) is 24.3. The monoisotopic (exact) mass is 289 g/mol. The topological polar surface area (TPSA) is 139 Å². The average molecular weight is 289 g/mol. The highest BCUT2D eigenvalue weighted by Crippen LogP contribution is 2.44. The van der Waals surface area contributed by atoms with E-state index in [2.05, 4.69) is 4.72 Å². The molecule has 0 spiro atoms. The van der Waals surface area contributed by atoms with E-state index >= 15 is 0 Å². The number of β-amino-alcohol motifs (C(OH)–C–C–N with tert-alkyl or cyclic N) is 1. The third-order valence-electron chi connectivity index (χ3n) is 2.74. The molecule has 1 heterocycles. The summed E-state index contributed by atoms with van der Waals surface area (Å²) in [5.41, 5.74) is 6.33. The maximum Gasteiger partial charge on any atom is 0.337 e. The summed E-state index contributed by atoms with van der Waals surface area (Å²) in [5, 5.41) is 18.2. The predicted molar refractivity (Wildman–Crippen MR) is 70.2 cm³/mol. The van der Waals surface area contributed by atoms with E-state index < -0.39 is 23.2 Å². The molecule has 7 N–H and O–H groups in total. The Morgan fingerprint density at radius 2 is 2.21 bits per heavy atom. The lowest BCUT2D eigenvalue weighted by Gasteiger charge is -2.35. The van der Waals surface area contributed by atoms with Gasteiger partial charge in [0.15, 0.2) is 0 Å². The maximum absolute atomic E-state index is 10.8. The summed E-state index contributed by atoms with van der Waals surface area (Å²) in [6, 6.07) is 4.36. The van der Waals surface area contributed by atoms with Crippen LogP contribution in [0, 0.1) is 0 Å². The molecule has 8 nitrogen and oxygen atoms in total. The standard InChI is InChI=1S/C10H15N3O5S/c11-8-3-6(1-2-7(8)10(15)16)4-13-5-9(14)12-19(13,17)18/h1-3,9,12,14,17-18H,4-5,11H2,(H,15,16). The smallest absolute Gasteiger partial charge is 0.337 e. The molecule has 0 aliphatic carbocycles. The Hall–Kier alpha value is -1.36. The minimum atomic E-state index is -3.20. The van der Waals surface area contributed by atoms with Gasteiger partial charge in [0, 0.05) is 12.2 Å². The zero-order valence-corrected chi connectivity index (χ0v) is 10.7. The van der Waals surface area contributed by atoms with E-state index in [1.807, 2.05) is 0 Å². The fourth-order valence-electron chi connectivity index (χ4n) is 1.85. The number of nitrogens with zero attached hydrogens (tertiary/aromatic N) is 1. The van der Waals surface area contributed by atoms with Crippen LogP contribution < -0.4 is 10.5 Å². The number of aliphatic hydroxyl groups excluding tert-OH is 1. The molecule has 0 amide bonds. The Morgan fingerprint density at radius 1 is 1.53 bits per heavy atom. The van der Waals surface area contributed by atoms with Crippen molar-refractivity contribution in [1.82, 2.24) is 9.03 Å². The molecule has 0 radical (unpaired) electrons. The van der Waals surface area contributed by atoms with Gasteiger partial charge >= 0.3 is 5.97 Å². The molecule has 1 aliphatic rings. The lowest BCUT2D eigenvalue weighted by Crippen LogP contribution is -2.25. The van der Waals surface area contributed by atoms with Crippen molar-refractivity contribution in [3.63, 3.8) is 0 Å². The number of nitrogen functional groups attached to an aromatic ring is 1. The van der Waals surface area contributed by atoms with E-state index in [0.29, 0.717) is 5.56 Å². The number of aliphatic hydroxyl groups is 1. The highest BCUT2D eigenvalue weighted by Gasteiger charge is 2.34. The van der Waals surface area contributed by atoms with E-state index in [1.54, 1.807) is 6.07 Å². The molecular formula is C10H15N3O5S.